The van der Waals surface area contributed by atoms with Gasteiger partial charge in [0.1, 0.15) is 11.4 Å². The summed E-state index contributed by atoms with van der Waals surface area (Å²) >= 11 is 5.75. The summed E-state index contributed by atoms with van der Waals surface area (Å²) in [4.78, 5) is 26.0. The molecule has 0 bridgehead atoms. The van der Waals surface area contributed by atoms with Crippen LogP contribution < -0.4 is 5.32 Å². The predicted molar refractivity (Wildman–Crippen MR) is 86.6 cm³/mol. The zero-order chi connectivity index (χ0) is 17.7. The number of carbonyl (C=O) groups excluding carboxylic acids is 2. The van der Waals surface area contributed by atoms with Gasteiger partial charge in [-0.25, -0.2) is 4.39 Å². The molecule has 0 unspecified atom stereocenters. The molecule has 1 fully saturated rings. The zero-order valence-electron chi connectivity index (χ0n) is 13.6. The first kappa shape index (κ1) is 18.6. The van der Waals surface area contributed by atoms with Crippen molar-refractivity contribution in [1.29, 1.82) is 0 Å². The van der Waals surface area contributed by atoms with Crippen LogP contribution in [0.4, 0.5) is 4.39 Å². The number of hydrogen-bond acceptors (Lipinski definition) is 4. The minimum atomic E-state index is -0.934. The van der Waals surface area contributed by atoms with Gasteiger partial charge in [-0.15, -0.1) is 0 Å². The number of carbonyl (C=O) groups is 2. The second kappa shape index (κ2) is 7.92. The van der Waals surface area contributed by atoms with Gasteiger partial charge in [-0.1, -0.05) is 11.6 Å². The molecule has 1 N–H and O–H groups in total. The fourth-order valence-electron chi connectivity index (χ4n) is 2.57. The van der Waals surface area contributed by atoms with Crippen molar-refractivity contribution in [1.82, 2.24) is 10.2 Å². The predicted octanol–water partition coefficient (Wildman–Crippen LogP) is 1.47. The van der Waals surface area contributed by atoms with Gasteiger partial charge in [0.05, 0.1) is 31.2 Å². The summed E-state index contributed by atoms with van der Waals surface area (Å²) in [5, 5.41) is 2.43. The summed E-state index contributed by atoms with van der Waals surface area (Å²) in [6.45, 7) is 1.04. The molecule has 0 spiro atoms. The maximum absolute atomic E-state index is 13.3. The van der Waals surface area contributed by atoms with E-state index < -0.39 is 11.4 Å². The number of benzene rings is 1. The minimum Gasteiger partial charge on any atom is -0.377 e. The Labute approximate surface area is 144 Å². The largest absolute Gasteiger partial charge is 0.377 e. The number of amides is 2. The Morgan fingerprint density at radius 1 is 1.50 bits per heavy atom. The maximum Gasteiger partial charge on any atom is 0.254 e. The molecule has 1 aliphatic rings. The Morgan fingerprint density at radius 3 is 2.88 bits per heavy atom. The van der Waals surface area contributed by atoms with Crippen molar-refractivity contribution in [2.75, 3.05) is 40.5 Å². The molecule has 2 amide bonds. The molecule has 2 rings (SSSR count). The fraction of sp³-hybridized carbons (Fsp3) is 0.500. The molecule has 1 aromatic rings. The van der Waals surface area contributed by atoms with Crippen LogP contribution in [0.1, 0.15) is 16.8 Å². The van der Waals surface area contributed by atoms with Gasteiger partial charge in [0.2, 0.25) is 5.91 Å². The molecule has 0 saturated carbocycles. The van der Waals surface area contributed by atoms with Gasteiger partial charge in [0.25, 0.3) is 5.91 Å². The second-order valence-corrected chi connectivity index (χ2v) is 6.05. The normalized spacial score (nSPS) is 21.2. The van der Waals surface area contributed by atoms with E-state index in [1.54, 1.807) is 0 Å². The number of ether oxygens (including phenoxy) is 2. The standard InChI is InChI=1S/C16H20ClFN2O4/c1-19-14(21)8-16(23-2)9-20(5-6-24-10-16)15(22)11-3-4-13(18)12(17)7-11/h3-4,7H,5-6,8-10H2,1-2H3,(H,19,21)/t16-/m1/s1. The lowest BCUT2D eigenvalue weighted by atomic mass is 9.98. The van der Waals surface area contributed by atoms with E-state index in [0.717, 1.165) is 6.07 Å². The molecule has 0 aromatic heterocycles. The van der Waals surface area contributed by atoms with Crippen LogP contribution in [0.5, 0.6) is 0 Å². The quantitative estimate of drug-likeness (QED) is 0.885. The van der Waals surface area contributed by atoms with Crippen molar-refractivity contribution in [2.45, 2.75) is 12.0 Å². The van der Waals surface area contributed by atoms with Crippen LogP contribution in [-0.2, 0) is 14.3 Å². The van der Waals surface area contributed by atoms with Gasteiger partial charge < -0.3 is 19.7 Å². The van der Waals surface area contributed by atoms with E-state index in [9.17, 15) is 14.0 Å². The first-order valence-corrected chi connectivity index (χ1v) is 7.86. The number of hydrogen-bond donors (Lipinski definition) is 1. The Balaban J connectivity index is 2.23. The monoisotopic (exact) mass is 358 g/mol. The molecule has 1 atom stereocenters. The van der Waals surface area contributed by atoms with E-state index in [4.69, 9.17) is 21.1 Å². The highest BCUT2D eigenvalue weighted by atomic mass is 35.5. The molecule has 0 aliphatic carbocycles. The average molecular weight is 359 g/mol. The Bertz CT molecular complexity index is 628. The summed E-state index contributed by atoms with van der Waals surface area (Å²) in [7, 11) is 3.02. The van der Waals surface area contributed by atoms with Crippen LogP contribution in [0.3, 0.4) is 0 Å². The van der Waals surface area contributed by atoms with Crippen molar-refractivity contribution in [3.63, 3.8) is 0 Å². The Kier molecular flexibility index (Phi) is 6.15. The van der Waals surface area contributed by atoms with Crippen molar-refractivity contribution in [3.8, 4) is 0 Å². The van der Waals surface area contributed by atoms with Crippen LogP contribution in [0.25, 0.3) is 0 Å². The molecule has 1 aliphatic heterocycles. The van der Waals surface area contributed by atoms with Crippen LogP contribution in [0, 0.1) is 5.82 Å². The third kappa shape index (κ3) is 4.23. The number of halogens is 2. The molecule has 1 saturated heterocycles. The van der Waals surface area contributed by atoms with Crippen LogP contribution in [0.2, 0.25) is 5.02 Å². The Hall–Kier alpha value is -1.70. The maximum atomic E-state index is 13.3. The molecule has 8 heteroatoms. The fourth-order valence-corrected chi connectivity index (χ4v) is 2.75. The molecule has 1 aromatic carbocycles. The summed E-state index contributed by atoms with van der Waals surface area (Å²) in [5.74, 6) is -1.11. The molecule has 24 heavy (non-hydrogen) atoms. The van der Waals surface area contributed by atoms with E-state index >= 15 is 0 Å². The molecule has 6 nitrogen and oxygen atoms in total. The van der Waals surface area contributed by atoms with Gasteiger partial charge in [-0.05, 0) is 18.2 Å². The first-order valence-electron chi connectivity index (χ1n) is 7.48. The van der Waals surface area contributed by atoms with Crippen LogP contribution in [0.15, 0.2) is 18.2 Å². The first-order chi connectivity index (χ1) is 11.4. The third-order valence-corrected chi connectivity index (χ3v) is 4.29. The van der Waals surface area contributed by atoms with E-state index in [-0.39, 0.29) is 42.0 Å². The van der Waals surface area contributed by atoms with E-state index in [1.165, 1.54) is 31.2 Å². The summed E-state index contributed by atoms with van der Waals surface area (Å²) in [5.41, 5.74) is -0.663. The van der Waals surface area contributed by atoms with Gasteiger partial charge in [-0.3, -0.25) is 9.59 Å². The molecular weight excluding hydrogens is 339 g/mol. The highest BCUT2D eigenvalue weighted by Crippen LogP contribution is 2.23. The van der Waals surface area contributed by atoms with E-state index in [0.29, 0.717) is 13.2 Å². The van der Waals surface area contributed by atoms with Crippen molar-refractivity contribution in [3.05, 3.63) is 34.6 Å². The molecular formula is C16H20ClFN2O4. The second-order valence-electron chi connectivity index (χ2n) is 5.65. The van der Waals surface area contributed by atoms with Gasteiger partial charge >= 0.3 is 0 Å². The van der Waals surface area contributed by atoms with Gasteiger partial charge in [-0.2, -0.15) is 0 Å². The van der Waals surface area contributed by atoms with E-state index in [2.05, 4.69) is 5.32 Å². The van der Waals surface area contributed by atoms with Crippen molar-refractivity contribution in [2.24, 2.45) is 0 Å². The zero-order valence-corrected chi connectivity index (χ0v) is 14.4. The number of nitrogens with zero attached hydrogens (tertiary/aromatic N) is 1. The lowest BCUT2D eigenvalue weighted by Gasteiger charge is -2.33. The minimum absolute atomic E-state index is 0.0634. The SMILES string of the molecule is CNC(=O)C[C@]1(OC)COCCN(C(=O)c2ccc(F)c(Cl)c2)C1. The van der Waals surface area contributed by atoms with Crippen LogP contribution in [-0.4, -0.2) is 62.8 Å². The summed E-state index contributed by atoms with van der Waals surface area (Å²) in [6, 6.07) is 3.82. The smallest absolute Gasteiger partial charge is 0.254 e. The molecule has 0 radical (unpaired) electrons. The molecule has 132 valence electrons. The van der Waals surface area contributed by atoms with Crippen molar-refractivity contribution >= 4 is 23.4 Å². The van der Waals surface area contributed by atoms with Gasteiger partial charge in [0.15, 0.2) is 0 Å². The molecule has 1 heterocycles. The summed E-state index contributed by atoms with van der Waals surface area (Å²) < 4.78 is 24.3. The number of rotatable bonds is 4. The van der Waals surface area contributed by atoms with E-state index in [1.807, 2.05) is 0 Å². The van der Waals surface area contributed by atoms with Crippen LogP contribution >= 0.6 is 11.6 Å². The lowest BCUT2D eigenvalue weighted by Crippen LogP contribution is -2.50. The number of methoxy groups -OCH3 is 1. The average Bonchev–Trinajstić information content (AvgIpc) is 2.79. The lowest BCUT2D eigenvalue weighted by molar-refractivity contribution is -0.131. The summed E-state index contributed by atoms with van der Waals surface area (Å²) in [6.07, 6.45) is 0.0634. The van der Waals surface area contributed by atoms with Crippen molar-refractivity contribution < 1.29 is 23.5 Å². The highest BCUT2D eigenvalue weighted by Gasteiger charge is 2.38. The topological polar surface area (TPSA) is 67.9 Å². The third-order valence-electron chi connectivity index (χ3n) is 4.00. The van der Waals surface area contributed by atoms with Gasteiger partial charge in [0, 0.05) is 26.3 Å². The Morgan fingerprint density at radius 2 is 2.25 bits per heavy atom. The number of nitrogens with one attached hydrogen (secondary N) is 1. The highest BCUT2D eigenvalue weighted by molar-refractivity contribution is 6.31.